The van der Waals surface area contributed by atoms with E-state index in [1.807, 2.05) is 50.8 Å². The fourth-order valence-electron chi connectivity index (χ4n) is 3.82. The first-order valence-corrected chi connectivity index (χ1v) is 9.46. The summed E-state index contributed by atoms with van der Waals surface area (Å²) in [5.74, 6) is 1.39. The minimum absolute atomic E-state index is 0.00912. The van der Waals surface area contributed by atoms with Gasteiger partial charge in [0.2, 0.25) is 0 Å². The summed E-state index contributed by atoms with van der Waals surface area (Å²) in [4.78, 5) is 28.5. The molecule has 1 atom stereocenters. The summed E-state index contributed by atoms with van der Waals surface area (Å²) in [5.41, 5.74) is 4.83. The smallest absolute Gasteiger partial charge is 0.255 e. The van der Waals surface area contributed by atoms with Gasteiger partial charge in [0.1, 0.15) is 11.6 Å². The van der Waals surface area contributed by atoms with Gasteiger partial charge in [0.25, 0.3) is 5.91 Å². The van der Waals surface area contributed by atoms with Crippen LogP contribution in [0.1, 0.15) is 57.9 Å². The van der Waals surface area contributed by atoms with E-state index in [2.05, 4.69) is 20.1 Å². The Morgan fingerprint density at radius 2 is 2.00 bits per heavy atom. The summed E-state index contributed by atoms with van der Waals surface area (Å²) >= 11 is 0. The molecule has 4 heterocycles. The van der Waals surface area contributed by atoms with Gasteiger partial charge >= 0.3 is 0 Å². The number of nitrogens with zero attached hydrogens (tertiary/aromatic N) is 5. The molecule has 7 heteroatoms. The van der Waals surface area contributed by atoms with Crippen LogP contribution in [0.2, 0.25) is 0 Å². The molecule has 0 bridgehead atoms. The van der Waals surface area contributed by atoms with E-state index >= 15 is 0 Å². The Morgan fingerprint density at radius 3 is 2.68 bits per heavy atom. The average Bonchev–Trinajstić information content (AvgIpc) is 3.28. The standard InChI is InChI=1S/C21H23N5O2/c1-12-7-8-16(11-22-12)21(27)26-9-5-6-19(26)17-10-18(24-15(4)23-17)20-13(2)25-28-14(20)3/h7-8,10-11,19H,5-6,9H2,1-4H3/t19-/m1/s1. The summed E-state index contributed by atoms with van der Waals surface area (Å²) in [6.45, 7) is 8.27. The summed E-state index contributed by atoms with van der Waals surface area (Å²) in [6, 6.07) is 5.58. The Hall–Kier alpha value is -3.09. The van der Waals surface area contributed by atoms with Gasteiger partial charge in [-0.3, -0.25) is 9.78 Å². The van der Waals surface area contributed by atoms with Gasteiger partial charge in [-0.05, 0) is 58.7 Å². The van der Waals surface area contributed by atoms with E-state index in [0.717, 1.165) is 46.9 Å². The van der Waals surface area contributed by atoms with Crippen molar-refractivity contribution in [3.8, 4) is 11.3 Å². The van der Waals surface area contributed by atoms with E-state index in [9.17, 15) is 4.79 Å². The van der Waals surface area contributed by atoms with Gasteiger partial charge < -0.3 is 9.42 Å². The van der Waals surface area contributed by atoms with Crippen molar-refractivity contribution in [3.63, 3.8) is 0 Å². The molecule has 7 nitrogen and oxygen atoms in total. The van der Waals surface area contributed by atoms with E-state index in [1.165, 1.54) is 0 Å². The highest BCUT2D eigenvalue weighted by Gasteiger charge is 2.32. The average molecular weight is 377 g/mol. The van der Waals surface area contributed by atoms with Gasteiger partial charge in [0.05, 0.1) is 34.3 Å². The van der Waals surface area contributed by atoms with Gasteiger partial charge in [-0.15, -0.1) is 0 Å². The molecular weight excluding hydrogens is 354 g/mol. The number of hydrogen-bond donors (Lipinski definition) is 0. The van der Waals surface area contributed by atoms with Gasteiger partial charge in [-0.2, -0.15) is 0 Å². The highest BCUT2D eigenvalue weighted by molar-refractivity contribution is 5.94. The van der Waals surface area contributed by atoms with Crippen LogP contribution >= 0.6 is 0 Å². The molecule has 1 aliphatic rings. The zero-order chi connectivity index (χ0) is 19.8. The highest BCUT2D eigenvalue weighted by Crippen LogP contribution is 2.34. The summed E-state index contributed by atoms with van der Waals surface area (Å²) in [6.07, 6.45) is 3.47. The molecule has 28 heavy (non-hydrogen) atoms. The van der Waals surface area contributed by atoms with Crippen molar-refractivity contribution in [2.45, 2.75) is 46.6 Å². The van der Waals surface area contributed by atoms with Crippen LogP contribution in [-0.4, -0.2) is 37.5 Å². The van der Waals surface area contributed by atoms with Gasteiger partial charge in [-0.1, -0.05) is 5.16 Å². The van der Waals surface area contributed by atoms with Crippen molar-refractivity contribution in [2.24, 2.45) is 0 Å². The van der Waals surface area contributed by atoms with Gasteiger partial charge in [0.15, 0.2) is 0 Å². The predicted molar refractivity (Wildman–Crippen MR) is 104 cm³/mol. The number of likely N-dealkylation sites (tertiary alicyclic amines) is 1. The number of amides is 1. The Balaban J connectivity index is 1.70. The van der Waals surface area contributed by atoms with Crippen molar-refractivity contribution in [1.29, 1.82) is 0 Å². The lowest BCUT2D eigenvalue weighted by Gasteiger charge is -2.25. The Bertz CT molecular complexity index is 1010. The molecule has 1 saturated heterocycles. The molecule has 0 saturated carbocycles. The zero-order valence-electron chi connectivity index (χ0n) is 16.6. The maximum Gasteiger partial charge on any atom is 0.255 e. The fourth-order valence-corrected chi connectivity index (χ4v) is 3.82. The fraction of sp³-hybridized carbons (Fsp3) is 0.381. The van der Waals surface area contributed by atoms with E-state index in [1.54, 1.807) is 6.20 Å². The van der Waals surface area contributed by atoms with Crippen molar-refractivity contribution < 1.29 is 9.32 Å². The number of rotatable bonds is 3. The van der Waals surface area contributed by atoms with Crippen molar-refractivity contribution in [3.05, 3.63) is 58.6 Å². The molecule has 144 valence electrons. The number of pyridine rings is 1. The lowest BCUT2D eigenvalue weighted by atomic mass is 10.1. The Labute approximate surface area is 163 Å². The Morgan fingerprint density at radius 1 is 1.18 bits per heavy atom. The molecule has 0 unspecified atom stereocenters. The van der Waals surface area contributed by atoms with Gasteiger partial charge in [-0.25, -0.2) is 9.97 Å². The maximum atomic E-state index is 13.1. The van der Waals surface area contributed by atoms with Crippen LogP contribution in [-0.2, 0) is 0 Å². The number of aryl methyl sites for hydroxylation is 4. The minimum atomic E-state index is -0.0743. The zero-order valence-corrected chi connectivity index (χ0v) is 16.6. The third kappa shape index (κ3) is 3.28. The summed E-state index contributed by atoms with van der Waals surface area (Å²) in [5, 5.41) is 4.03. The topological polar surface area (TPSA) is 85.0 Å². The van der Waals surface area contributed by atoms with Crippen molar-refractivity contribution >= 4 is 5.91 Å². The molecule has 1 fully saturated rings. The van der Waals surface area contributed by atoms with Crippen LogP contribution in [0.3, 0.4) is 0 Å². The van der Waals surface area contributed by atoms with Crippen molar-refractivity contribution in [1.82, 2.24) is 25.0 Å². The highest BCUT2D eigenvalue weighted by atomic mass is 16.5. The lowest BCUT2D eigenvalue weighted by molar-refractivity contribution is 0.0732. The number of aromatic nitrogens is 4. The molecule has 1 amide bonds. The Kier molecular flexibility index (Phi) is 4.66. The molecule has 0 N–H and O–H groups in total. The first-order valence-electron chi connectivity index (χ1n) is 9.46. The molecule has 3 aromatic rings. The molecule has 3 aromatic heterocycles. The number of carbonyl (C=O) groups is 1. The maximum absolute atomic E-state index is 13.1. The van der Waals surface area contributed by atoms with E-state index in [0.29, 0.717) is 17.9 Å². The number of hydrogen-bond acceptors (Lipinski definition) is 6. The van der Waals surface area contributed by atoms with Crippen LogP contribution in [0, 0.1) is 27.7 Å². The molecule has 0 aromatic carbocycles. The SMILES string of the molecule is Cc1ccc(C(=O)N2CCC[C@@H]2c2cc(-c3c(C)noc3C)nc(C)n2)cn1. The van der Waals surface area contributed by atoms with E-state index in [-0.39, 0.29) is 11.9 Å². The molecule has 0 spiro atoms. The van der Waals surface area contributed by atoms with E-state index < -0.39 is 0 Å². The lowest BCUT2D eigenvalue weighted by Crippen LogP contribution is -2.31. The van der Waals surface area contributed by atoms with E-state index in [4.69, 9.17) is 4.52 Å². The first kappa shape index (κ1) is 18.3. The predicted octanol–water partition coefficient (Wildman–Crippen LogP) is 3.74. The molecule has 4 rings (SSSR count). The molecular formula is C21H23N5O2. The van der Waals surface area contributed by atoms with Crippen molar-refractivity contribution in [2.75, 3.05) is 6.54 Å². The summed E-state index contributed by atoms with van der Waals surface area (Å²) in [7, 11) is 0. The van der Waals surface area contributed by atoms with Crippen LogP contribution in [0.4, 0.5) is 0 Å². The van der Waals surface area contributed by atoms with Crippen LogP contribution in [0.15, 0.2) is 28.9 Å². The third-order valence-corrected chi connectivity index (χ3v) is 5.16. The molecule has 1 aliphatic heterocycles. The second kappa shape index (κ2) is 7.14. The molecule has 0 radical (unpaired) electrons. The van der Waals surface area contributed by atoms with Crippen LogP contribution in [0.5, 0.6) is 0 Å². The number of carbonyl (C=O) groups excluding carboxylic acids is 1. The third-order valence-electron chi connectivity index (χ3n) is 5.16. The largest absolute Gasteiger partial charge is 0.361 e. The summed E-state index contributed by atoms with van der Waals surface area (Å²) < 4.78 is 5.30. The monoisotopic (exact) mass is 377 g/mol. The first-order chi connectivity index (χ1) is 13.4. The van der Waals surface area contributed by atoms with Gasteiger partial charge in [0, 0.05) is 18.4 Å². The quantitative estimate of drug-likeness (QED) is 0.691. The second-order valence-corrected chi connectivity index (χ2v) is 7.27. The molecule has 0 aliphatic carbocycles. The minimum Gasteiger partial charge on any atom is -0.361 e. The normalized spacial score (nSPS) is 16.6. The van der Waals surface area contributed by atoms with Crippen LogP contribution < -0.4 is 0 Å². The van der Waals surface area contributed by atoms with Crippen LogP contribution in [0.25, 0.3) is 11.3 Å². The second-order valence-electron chi connectivity index (χ2n) is 7.27.